The lowest BCUT2D eigenvalue weighted by atomic mass is 10.2. The molecule has 0 radical (unpaired) electrons. The maximum atomic E-state index is 8.76. The van der Waals surface area contributed by atoms with Gasteiger partial charge in [-0.05, 0) is 60.7 Å². The zero-order valence-electron chi connectivity index (χ0n) is 12.2. The molecule has 108 valence electrons. The fourth-order valence-corrected chi connectivity index (χ4v) is 2.79. The zero-order chi connectivity index (χ0) is 14.9. The largest absolute Gasteiger partial charge is 0.457 e. The molecule has 2 rings (SSSR count). The molecule has 0 aliphatic heterocycles. The summed E-state index contributed by atoms with van der Waals surface area (Å²) in [4.78, 5) is 1.28. The van der Waals surface area contributed by atoms with Crippen LogP contribution in [0.4, 0.5) is 0 Å². The second kappa shape index (κ2) is 8.39. The summed E-state index contributed by atoms with van der Waals surface area (Å²) in [5, 5.41) is 8.76. The second-order valence-electron chi connectivity index (χ2n) is 4.77. The first-order valence-electron chi connectivity index (χ1n) is 7.22. The van der Waals surface area contributed by atoms with Crippen molar-refractivity contribution in [2.24, 2.45) is 0 Å². The van der Waals surface area contributed by atoms with E-state index < -0.39 is 0 Å². The minimum Gasteiger partial charge on any atom is -0.457 e. The van der Waals surface area contributed by atoms with Crippen molar-refractivity contribution < 1.29 is 4.74 Å². The molecule has 0 amide bonds. The number of unbranched alkanes of at least 4 members (excludes halogenated alkanes) is 2. The van der Waals surface area contributed by atoms with Gasteiger partial charge in [0.2, 0.25) is 0 Å². The van der Waals surface area contributed by atoms with Gasteiger partial charge in [-0.25, -0.2) is 0 Å². The van der Waals surface area contributed by atoms with Crippen molar-refractivity contribution in [3.8, 4) is 17.6 Å². The standard InChI is InChI=1S/C18H19NOS/c1-2-3-4-13-21-18-11-9-17(10-12-18)20-16-7-5-15(14-19)6-8-16/h5-12H,2-4,13H2,1H3. The van der Waals surface area contributed by atoms with Crippen molar-refractivity contribution >= 4 is 11.8 Å². The van der Waals surface area contributed by atoms with Crippen LogP contribution in [0.2, 0.25) is 0 Å². The van der Waals surface area contributed by atoms with Crippen LogP contribution < -0.4 is 4.74 Å². The summed E-state index contributed by atoms with van der Waals surface area (Å²) in [5.41, 5.74) is 0.640. The van der Waals surface area contributed by atoms with Crippen LogP contribution in [-0.4, -0.2) is 5.75 Å². The highest BCUT2D eigenvalue weighted by molar-refractivity contribution is 7.99. The number of hydrogen-bond acceptors (Lipinski definition) is 3. The molecule has 0 fully saturated rings. The minimum absolute atomic E-state index is 0.640. The highest BCUT2D eigenvalue weighted by Crippen LogP contribution is 2.26. The maximum Gasteiger partial charge on any atom is 0.127 e. The molecule has 0 unspecified atom stereocenters. The molecule has 2 nitrogen and oxygen atoms in total. The molecule has 0 aromatic heterocycles. The summed E-state index contributed by atoms with van der Waals surface area (Å²) in [5.74, 6) is 2.74. The number of nitriles is 1. The van der Waals surface area contributed by atoms with Crippen LogP contribution in [0.1, 0.15) is 31.7 Å². The van der Waals surface area contributed by atoms with E-state index in [1.54, 1.807) is 12.1 Å². The van der Waals surface area contributed by atoms with Crippen LogP contribution in [0.3, 0.4) is 0 Å². The normalized spacial score (nSPS) is 10.1. The molecule has 0 aliphatic rings. The lowest BCUT2D eigenvalue weighted by molar-refractivity contribution is 0.482. The Morgan fingerprint density at radius 3 is 2.14 bits per heavy atom. The Kier molecular flexibility index (Phi) is 6.18. The number of hydrogen-bond donors (Lipinski definition) is 0. The number of nitrogens with zero attached hydrogens (tertiary/aromatic N) is 1. The van der Waals surface area contributed by atoms with E-state index >= 15 is 0 Å². The van der Waals surface area contributed by atoms with E-state index in [0.29, 0.717) is 5.56 Å². The zero-order valence-corrected chi connectivity index (χ0v) is 13.0. The SMILES string of the molecule is CCCCCSc1ccc(Oc2ccc(C#N)cc2)cc1. The first kappa shape index (κ1) is 15.5. The van der Waals surface area contributed by atoms with Crippen LogP contribution in [0.25, 0.3) is 0 Å². The monoisotopic (exact) mass is 297 g/mol. The van der Waals surface area contributed by atoms with Crippen molar-refractivity contribution in [2.45, 2.75) is 31.1 Å². The predicted molar refractivity (Wildman–Crippen MR) is 87.9 cm³/mol. The van der Waals surface area contributed by atoms with Gasteiger partial charge in [-0.1, -0.05) is 19.8 Å². The first-order chi connectivity index (χ1) is 10.3. The van der Waals surface area contributed by atoms with Gasteiger partial charge in [0.1, 0.15) is 11.5 Å². The minimum atomic E-state index is 0.640. The fraction of sp³-hybridized carbons (Fsp3) is 0.278. The van der Waals surface area contributed by atoms with E-state index in [1.165, 1.54) is 29.9 Å². The lowest BCUT2D eigenvalue weighted by Crippen LogP contribution is -1.85. The lowest BCUT2D eigenvalue weighted by Gasteiger charge is -2.07. The van der Waals surface area contributed by atoms with E-state index in [2.05, 4.69) is 25.1 Å². The molecule has 0 atom stereocenters. The van der Waals surface area contributed by atoms with Crippen LogP contribution in [0, 0.1) is 11.3 Å². The van der Waals surface area contributed by atoms with Crippen molar-refractivity contribution in [1.29, 1.82) is 5.26 Å². The number of benzene rings is 2. The Labute approximate surface area is 130 Å². The van der Waals surface area contributed by atoms with Crippen molar-refractivity contribution in [2.75, 3.05) is 5.75 Å². The average molecular weight is 297 g/mol. The summed E-state index contributed by atoms with van der Waals surface area (Å²) in [6, 6.07) is 17.4. The van der Waals surface area contributed by atoms with E-state index in [4.69, 9.17) is 10.00 Å². The van der Waals surface area contributed by atoms with Gasteiger partial charge in [0.05, 0.1) is 11.6 Å². The van der Waals surface area contributed by atoms with E-state index in [0.717, 1.165) is 11.5 Å². The van der Waals surface area contributed by atoms with Crippen molar-refractivity contribution in [1.82, 2.24) is 0 Å². The van der Waals surface area contributed by atoms with Crippen molar-refractivity contribution in [3.63, 3.8) is 0 Å². The second-order valence-corrected chi connectivity index (χ2v) is 5.93. The third-order valence-electron chi connectivity index (χ3n) is 3.06. The van der Waals surface area contributed by atoms with Gasteiger partial charge in [-0.2, -0.15) is 5.26 Å². The average Bonchev–Trinajstić information content (AvgIpc) is 2.54. The molecule has 0 aliphatic carbocycles. The van der Waals surface area contributed by atoms with Gasteiger partial charge in [0.15, 0.2) is 0 Å². The highest BCUT2D eigenvalue weighted by atomic mass is 32.2. The Hall–Kier alpha value is -1.92. The summed E-state index contributed by atoms with van der Waals surface area (Å²) >= 11 is 1.89. The molecule has 2 aromatic rings. The summed E-state index contributed by atoms with van der Waals surface area (Å²) in [6.45, 7) is 2.22. The molecule has 0 spiro atoms. The van der Waals surface area contributed by atoms with Gasteiger partial charge in [0, 0.05) is 4.90 Å². The smallest absolute Gasteiger partial charge is 0.127 e. The van der Waals surface area contributed by atoms with Gasteiger partial charge in [0.25, 0.3) is 0 Å². The molecule has 21 heavy (non-hydrogen) atoms. The molecule has 0 heterocycles. The topological polar surface area (TPSA) is 33.0 Å². The molecule has 2 aromatic carbocycles. The third kappa shape index (κ3) is 5.17. The maximum absolute atomic E-state index is 8.76. The van der Waals surface area contributed by atoms with Crippen LogP contribution in [0.15, 0.2) is 53.4 Å². The van der Waals surface area contributed by atoms with Gasteiger partial charge in [-0.15, -0.1) is 11.8 Å². The Balaban J connectivity index is 1.88. The van der Waals surface area contributed by atoms with Gasteiger partial charge in [-0.3, -0.25) is 0 Å². The van der Waals surface area contributed by atoms with Crippen LogP contribution >= 0.6 is 11.8 Å². The molecule has 0 saturated heterocycles. The molecule has 0 N–H and O–H groups in total. The highest BCUT2D eigenvalue weighted by Gasteiger charge is 1.99. The number of thioether (sulfide) groups is 1. The first-order valence-corrected chi connectivity index (χ1v) is 8.21. The van der Waals surface area contributed by atoms with E-state index in [1.807, 2.05) is 36.0 Å². The molecule has 3 heteroatoms. The quantitative estimate of drug-likeness (QED) is 0.490. The number of ether oxygens (including phenoxy) is 1. The summed E-state index contributed by atoms with van der Waals surface area (Å²) < 4.78 is 5.76. The Morgan fingerprint density at radius 1 is 0.952 bits per heavy atom. The molecule has 0 bridgehead atoms. The van der Waals surface area contributed by atoms with E-state index in [-0.39, 0.29) is 0 Å². The number of rotatable bonds is 7. The Bertz CT molecular complexity index is 584. The predicted octanol–water partition coefficient (Wildman–Crippen LogP) is 5.63. The fourth-order valence-electron chi connectivity index (χ4n) is 1.88. The third-order valence-corrected chi connectivity index (χ3v) is 4.16. The van der Waals surface area contributed by atoms with Gasteiger partial charge < -0.3 is 4.74 Å². The van der Waals surface area contributed by atoms with Gasteiger partial charge >= 0.3 is 0 Å². The molecule has 0 saturated carbocycles. The molecular formula is C18H19NOS. The summed E-state index contributed by atoms with van der Waals surface area (Å²) in [6.07, 6.45) is 3.83. The van der Waals surface area contributed by atoms with Crippen molar-refractivity contribution in [3.05, 3.63) is 54.1 Å². The Morgan fingerprint density at radius 2 is 1.57 bits per heavy atom. The van der Waals surface area contributed by atoms with Crippen LogP contribution in [0.5, 0.6) is 11.5 Å². The van der Waals surface area contributed by atoms with Crippen LogP contribution in [-0.2, 0) is 0 Å². The molecular weight excluding hydrogens is 278 g/mol. The summed E-state index contributed by atoms with van der Waals surface area (Å²) in [7, 11) is 0. The van der Waals surface area contributed by atoms with E-state index in [9.17, 15) is 0 Å².